The van der Waals surface area contributed by atoms with Crippen LogP contribution in [0, 0.1) is 0 Å². The van der Waals surface area contributed by atoms with Crippen molar-refractivity contribution >= 4 is 11.6 Å². The van der Waals surface area contributed by atoms with Crippen molar-refractivity contribution in [2.24, 2.45) is 0 Å². The summed E-state index contributed by atoms with van der Waals surface area (Å²) in [6.45, 7) is 5.70. The highest BCUT2D eigenvalue weighted by Gasteiger charge is 2.20. The monoisotopic (exact) mass is 371 g/mol. The molecule has 1 unspecified atom stereocenters. The summed E-state index contributed by atoms with van der Waals surface area (Å²) < 4.78 is 5.94. The molecule has 1 fully saturated rings. The molecule has 1 aliphatic rings. The second-order valence-corrected chi connectivity index (χ2v) is 8.16. The Hall–Kier alpha value is -1.35. The molecule has 3 rings (SSSR count). The van der Waals surface area contributed by atoms with Crippen molar-refractivity contribution in [2.45, 2.75) is 50.5 Å². The van der Waals surface area contributed by atoms with E-state index < -0.39 is 0 Å². The quantitative estimate of drug-likeness (QED) is 0.560. The van der Waals surface area contributed by atoms with E-state index >= 15 is 0 Å². The van der Waals surface area contributed by atoms with Gasteiger partial charge in [0.25, 0.3) is 0 Å². The first-order valence-corrected chi connectivity index (χ1v) is 10.2. The second kappa shape index (κ2) is 10.1. The van der Waals surface area contributed by atoms with Gasteiger partial charge in [-0.3, -0.25) is 4.90 Å². The third-order valence-corrected chi connectivity index (χ3v) is 5.47. The Morgan fingerprint density at radius 1 is 1.00 bits per heavy atom. The predicted octanol–water partition coefficient (Wildman–Crippen LogP) is 5.60. The summed E-state index contributed by atoms with van der Waals surface area (Å²) in [5.74, 6) is 0.704. The Bertz CT molecular complexity index is 633. The van der Waals surface area contributed by atoms with E-state index in [2.05, 4.69) is 59.5 Å². The van der Waals surface area contributed by atoms with Gasteiger partial charge in [-0.15, -0.1) is 11.6 Å². The van der Waals surface area contributed by atoms with Gasteiger partial charge in [-0.05, 0) is 55.2 Å². The summed E-state index contributed by atoms with van der Waals surface area (Å²) in [7, 11) is 0. The van der Waals surface area contributed by atoms with Crippen LogP contribution in [0.5, 0.6) is 0 Å². The molecule has 0 radical (unpaired) electrons. The normalized spacial score (nSPS) is 17.3. The molecule has 0 bridgehead atoms. The van der Waals surface area contributed by atoms with E-state index in [1.54, 1.807) is 0 Å². The zero-order valence-corrected chi connectivity index (χ0v) is 16.5. The van der Waals surface area contributed by atoms with Crippen molar-refractivity contribution in [1.29, 1.82) is 0 Å². The van der Waals surface area contributed by atoms with Gasteiger partial charge in [0.1, 0.15) is 0 Å². The van der Waals surface area contributed by atoms with E-state index in [0.29, 0.717) is 12.5 Å². The molecule has 140 valence electrons. The SMILES string of the molecule is CC(Cl)CCc1ccc(COCN2CCC(c3ccccc3)CC2)cc1. The van der Waals surface area contributed by atoms with E-state index in [9.17, 15) is 0 Å². The number of benzene rings is 2. The molecule has 0 saturated carbocycles. The van der Waals surface area contributed by atoms with E-state index in [-0.39, 0.29) is 5.38 Å². The molecule has 0 aliphatic carbocycles. The molecule has 3 heteroatoms. The van der Waals surface area contributed by atoms with Gasteiger partial charge < -0.3 is 4.74 Å². The van der Waals surface area contributed by atoms with Crippen LogP contribution in [0.4, 0.5) is 0 Å². The lowest BCUT2D eigenvalue weighted by atomic mass is 9.90. The topological polar surface area (TPSA) is 12.5 Å². The van der Waals surface area contributed by atoms with Crippen LogP contribution in [0.3, 0.4) is 0 Å². The largest absolute Gasteiger partial charge is 0.361 e. The molecular formula is C23H30ClNO. The number of nitrogens with zero attached hydrogens (tertiary/aromatic N) is 1. The number of hydrogen-bond donors (Lipinski definition) is 0. The molecule has 1 saturated heterocycles. The van der Waals surface area contributed by atoms with Crippen molar-refractivity contribution in [3.63, 3.8) is 0 Å². The summed E-state index contributed by atoms with van der Waals surface area (Å²) in [6.07, 6.45) is 4.51. The van der Waals surface area contributed by atoms with Crippen molar-refractivity contribution in [3.8, 4) is 0 Å². The Balaban J connectivity index is 1.35. The number of hydrogen-bond acceptors (Lipinski definition) is 2. The number of alkyl halides is 1. The van der Waals surface area contributed by atoms with Gasteiger partial charge in [0.15, 0.2) is 0 Å². The fourth-order valence-electron chi connectivity index (χ4n) is 3.58. The minimum absolute atomic E-state index is 0.240. The fraction of sp³-hybridized carbons (Fsp3) is 0.478. The molecule has 1 heterocycles. The van der Waals surface area contributed by atoms with Crippen LogP contribution in [0.2, 0.25) is 0 Å². The minimum atomic E-state index is 0.240. The number of likely N-dealkylation sites (tertiary alicyclic amines) is 1. The van der Waals surface area contributed by atoms with Gasteiger partial charge in [-0.2, -0.15) is 0 Å². The van der Waals surface area contributed by atoms with Gasteiger partial charge in [0.05, 0.1) is 13.3 Å². The highest BCUT2D eigenvalue weighted by atomic mass is 35.5. The molecule has 2 nitrogen and oxygen atoms in total. The van der Waals surface area contributed by atoms with Crippen LogP contribution >= 0.6 is 11.6 Å². The first-order valence-electron chi connectivity index (χ1n) is 9.77. The summed E-state index contributed by atoms with van der Waals surface area (Å²) in [5, 5.41) is 0.240. The molecule has 26 heavy (non-hydrogen) atoms. The molecule has 0 spiro atoms. The lowest BCUT2D eigenvalue weighted by Gasteiger charge is -2.31. The van der Waals surface area contributed by atoms with Crippen molar-refractivity contribution < 1.29 is 4.74 Å². The number of halogens is 1. The number of aryl methyl sites for hydroxylation is 1. The summed E-state index contributed by atoms with van der Waals surface area (Å²) in [5.41, 5.74) is 4.08. The maximum Gasteiger partial charge on any atom is 0.0994 e. The van der Waals surface area contributed by atoms with Crippen LogP contribution in [0.15, 0.2) is 54.6 Å². The Labute approximate surface area is 163 Å². The van der Waals surface area contributed by atoms with Crippen molar-refractivity contribution in [2.75, 3.05) is 19.8 Å². The summed E-state index contributed by atoms with van der Waals surface area (Å²) in [4.78, 5) is 2.43. The second-order valence-electron chi connectivity index (χ2n) is 7.42. The lowest BCUT2D eigenvalue weighted by Crippen LogP contribution is -2.34. The fourth-order valence-corrected chi connectivity index (χ4v) is 3.69. The van der Waals surface area contributed by atoms with E-state index in [0.717, 1.165) is 32.7 Å². The highest BCUT2D eigenvalue weighted by Crippen LogP contribution is 2.27. The van der Waals surface area contributed by atoms with Gasteiger partial charge in [0.2, 0.25) is 0 Å². The average Bonchev–Trinajstić information content (AvgIpc) is 2.68. The third-order valence-electron chi connectivity index (χ3n) is 5.25. The van der Waals surface area contributed by atoms with Crippen LogP contribution in [-0.4, -0.2) is 30.1 Å². The minimum Gasteiger partial charge on any atom is -0.361 e. The zero-order valence-electron chi connectivity index (χ0n) is 15.7. The van der Waals surface area contributed by atoms with Gasteiger partial charge in [-0.1, -0.05) is 54.6 Å². The first kappa shape index (κ1) is 19.4. The van der Waals surface area contributed by atoms with Gasteiger partial charge >= 0.3 is 0 Å². The summed E-state index contributed by atoms with van der Waals surface area (Å²) >= 11 is 6.02. The maximum atomic E-state index is 6.02. The number of rotatable bonds is 8. The zero-order chi connectivity index (χ0) is 18.2. The van der Waals surface area contributed by atoms with Gasteiger partial charge in [0, 0.05) is 18.5 Å². The lowest BCUT2D eigenvalue weighted by molar-refractivity contribution is 0.00701. The third kappa shape index (κ3) is 6.12. The van der Waals surface area contributed by atoms with Crippen LogP contribution in [0.1, 0.15) is 48.8 Å². The maximum absolute atomic E-state index is 6.02. The molecule has 1 atom stereocenters. The predicted molar refractivity (Wildman–Crippen MR) is 110 cm³/mol. The Morgan fingerprint density at radius 3 is 2.31 bits per heavy atom. The average molecular weight is 372 g/mol. The highest BCUT2D eigenvalue weighted by molar-refractivity contribution is 6.20. The number of piperidine rings is 1. The molecular weight excluding hydrogens is 342 g/mol. The van der Waals surface area contributed by atoms with Crippen LogP contribution in [0.25, 0.3) is 0 Å². The molecule has 0 aromatic heterocycles. The summed E-state index contributed by atoms with van der Waals surface area (Å²) in [6, 6.07) is 19.6. The Morgan fingerprint density at radius 2 is 1.65 bits per heavy atom. The Kier molecular flexibility index (Phi) is 7.55. The molecule has 0 amide bonds. The van der Waals surface area contributed by atoms with E-state index in [1.807, 2.05) is 6.92 Å². The molecule has 2 aromatic rings. The molecule has 1 aliphatic heterocycles. The first-order chi connectivity index (χ1) is 12.7. The van der Waals surface area contributed by atoms with Crippen molar-refractivity contribution in [3.05, 3.63) is 71.3 Å². The number of ether oxygens (including phenoxy) is 1. The smallest absolute Gasteiger partial charge is 0.0994 e. The van der Waals surface area contributed by atoms with Gasteiger partial charge in [-0.25, -0.2) is 0 Å². The van der Waals surface area contributed by atoms with E-state index in [4.69, 9.17) is 16.3 Å². The van der Waals surface area contributed by atoms with Crippen LogP contribution < -0.4 is 0 Å². The molecule has 2 aromatic carbocycles. The van der Waals surface area contributed by atoms with Crippen molar-refractivity contribution in [1.82, 2.24) is 4.90 Å². The standard InChI is InChI=1S/C23H30ClNO/c1-19(24)7-8-20-9-11-21(12-10-20)17-26-18-25-15-13-23(14-16-25)22-5-3-2-4-6-22/h2-6,9-12,19,23H,7-8,13-18H2,1H3. The van der Waals surface area contributed by atoms with Crippen LogP contribution in [-0.2, 0) is 17.8 Å². The molecule has 0 N–H and O–H groups in total. The van der Waals surface area contributed by atoms with E-state index in [1.165, 1.54) is 29.5 Å².